The van der Waals surface area contributed by atoms with Crippen LogP contribution in [0, 0.1) is 0 Å². The number of hydrogen-bond donors (Lipinski definition) is 0. The number of ether oxygens (including phenoxy) is 2. The van der Waals surface area contributed by atoms with Crippen LogP contribution in [0.15, 0.2) is 10.8 Å². The lowest BCUT2D eigenvalue weighted by atomic mass is 10.2. The van der Waals surface area contributed by atoms with Crippen molar-refractivity contribution in [3.05, 3.63) is 10.8 Å². The second-order valence-electron chi connectivity index (χ2n) is 3.28. The summed E-state index contributed by atoms with van der Waals surface area (Å²) in [5, 5.41) is 0. The minimum absolute atomic E-state index is 0.0810. The Balaban J connectivity index is 2.20. The molecule has 1 atom stereocenters. The van der Waals surface area contributed by atoms with Crippen LogP contribution in [-0.2, 0) is 4.74 Å². The minimum atomic E-state index is 0.0810. The molecule has 0 bridgehead atoms. The smallest absolute Gasteiger partial charge is 0.299 e. The molecule has 2 rings (SSSR count). The highest BCUT2D eigenvalue weighted by atomic mass is 79.9. The molecular formula is C9H13BrN2O2. The molecule has 1 aliphatic heterocycles. The van der Waals surface area contributed by atoms with Crippen molar-refractivity contribution in [3.63, 3.8) is 0 Å². The first kappa shape index (κ1) is 9.98. The maximum Gasteiger partial charge on any atom is 0.299 e. The summed E-state index contributed by atoms with van der Waals surface area (Å²) >= 11 is 3.32. The van der Waals surface area contributed by atoms with Gasteiger partial charge in [0.25, 0.3) is 6.01 Å². The zero-order chi connectivity index (χ0) is 9.97. The van der Waals surface area contributed by atoms with Gasteiger partial charge in [0.2, 0.25) is 0 Å². The standard InChI is InChI=1S/C9H13BrN2O2/c1-13-9-11-7(10)6-12(9)8-4-2-3-5-14-8/h6,8H,2-5H2,1H3. The van der Waals surface area contributed by atoms with Gasteiger partial charge in [-0.3, -0.25) is 4.57 Å². The molecule has 1 fully saturated rings. The van der Waals surface area contributed by atoms with Crippen molar-refractivity contribution in [1.82, 2.24) is 9.55 Å². The number of hydrogen-bond acceptors (Lipinski definition) is 3. The maximum atomic E-state index is 5.64. The highest BCUT2D eigenvalue weighted by Gasteiger charge is 2.19. The predicted molar refractivity (Wildman–Crippen MR) is 55.3 cm³/mol. The van der Waals surface area contributed by atoms with Crippen molar-refractivity contribution in [1.29, 1.82) is 0 Å². The van der Waals surface area contributed by atoms with E-state index in [9.17, 15) is 0 Å². The van der Waals surface area contributed by atoms with E-state index in [1.54, 1.807) is 7.11 Å². The SMILES string of the molecule is COc1nc(Br)cn1C1CCCCO1. The number of aromatic nitrogens is 2. The molecule has 0 N–H and O–H groups in total. The van der Waals surface area contributed by atoms with Crippen LogP contribution in [0.1, 0.15) is 25.5 Å². The molecule has 1 unspecified atom stereocenters. The molecule has 4 nitrogen and oxygen atoms in total. The minimum Gasteiger partial charge on any atom is -0.468 e. The number of halogens is 1. The van der Waals surface area contributed by atoms with Crippen LogP contribution in [0.4, 0.5) is 0 Å². The third-order valence-corrected chi connectivity index (χ3v) is 2.70. The number of imidazole rings is 1. The molecule has 0 radical (unpaired) electrons. The van der Waals surface area contributed by atoms with Crippen LogP contribution in [0.3, 0.4) is 0 Å². The number of nitrogens with zero attached hydrogens (tertiary/aromatic N) is 2. The van der Waals surface area contributed by atoms with Gasteiger partial charge in [-0.2, -0.15) is 4.98 Å². The Labute approximate surface area is 91.3 Å². The Kier molecular flexibility index (Phi) is 3.08. The van der Waals surface area contributed by atoms with E-state index >= 15 is 0 Å². The highest BCUT2D eigenvalue weighted by molar-refractivity contribution is 9.10. The summed E-state index contributed by atoms with van der Waals surface area (Å²) in [5.74, 6) is 0. The highest BCUT2D eigenvalue weighted by Crippen LogP contribution is 2.28. The average Bonchev–Trinajstić information content (AvgIpc) is 2.61. The Bertz CT molecular complexity index is 308. The van der Waals surface area contributed by atoms with Gasteiger partial charge in [0.05, 0.1) is 7.11 Å². The zero-order valence-electron chi connectivity index (χ0n) is 8.07. The quantitative estimate of drug-likeness (QED) is 0.819. The Morgan fingerprint density at radius 1 is 1.64 bits per heavy atom. The van der Waals surface area contributed by atoms with Crippen LogP contribution < -0.4 is 4.74 Å². The fraction of sp³-hybridized carbons (Fsp3) is 0.667. The van der Waals surface area contributed by atoms with E-state index in [-0.39, 0.29) is 6.23 Å². The van der Waals surface area contributed by atoms with Gasteiger partial charge in [-0.25, -0.2) is 0 Å². The lowest BCUT2D eigenvalue weighted by Gasteiger charge is -2.24. The van der Waals surface area contributed by atoms with Crippen molar-refractivity contribution in [3.8, 4) is 6.01 Å². The molecule has 1 saturated heterocycles. The third kappa shape index (κ3) is 1.93. The molecule has 1 aromatic heterocycles. The summed E-state index contributed by atoms with van der Waals surface area (Å²) in [6.07, 6.45) is 5.35. The van der Waals surface area contributed by atoms with Gasteiger partial charge in [-0.1, -0.05) is 0 Å². The second kappa shape index (κ2) is 4.31. The largest absolute Gasteiger partial charge is 0.468 e. The summed E-state index contributed by atoms with van der Waals surface area (Å²) in [7, 11) is 1.62. The van der Waals surface area contributed by atoms with Crippen LogP contribution in [0.5, 0.6) is 6.01 Å². The third-order valence-electron chi connectivity index (χ3n) is 2.32. The second-order valence-corrected chi connectivity index (χ2v) is 4.09. The summed E-state index contributed by atoms with van der Waals surface area (Å²) < 4.78 is 13.5. The molecule has 0 saturated carbocycles. The van der Waals surface area contributed by atoms with E-state index in [0.717, 1.165) is 24.1 Å². The van der Waals surface area contributed by atoms with E-state index in [2.05, 4.69) is 20.9 Å². The molecule has 0 spiro atoms. The van der Waals surface area contributed by atoms with Gasteiger partial charge in [0, 0.05) is 12.8 Å². The maximum absolute atomic E-state index is 5.64. The van der Waals surface area contributed by atoms with E-state index in [4.69, 9.17) is 9.47 Å². The molecule has 2 heterocycles. The molecule has 1 aliphatic rings. The first-order valence-corrected chi connectivity index (χ1v) is 5.50. The van der Waals surface area contributed by atoms with E-state index < -0.39 is 0 Å². The van der Waals surface area contributed by atoms with Gasteiger partial charge in [-0.05, 0) is 35.2 Å². The molecular weight excluding hydrogens is 248 g/mol. The Morgan fingerprint density at radius 2 is 2.50 bits per heavy atom. The van der Waals surface area contributed by atoms with E-state index in [1.165, 1.54) is 6.42 Å². The van der Waals surface area contributed by atoms with E-state index in [1.807, 2.05) is 10.8 Å². The van der Waals surface area contributed by atoms with Crippen molar-refractivity contribution in [2.45, 2.75) is 25.5 Å². The average molecular weight is 261 g/mol. The Hall–Kier alpha value is -0.550. The molecule has 1 aromatic rings. The van der Waals surface area contributed by atoms with Crippen LogP contribution in [0.2, 0.25) is 0 Å². The number of rotatable bonds is 2. The monoisotopic (exact) mass is 260 g/mol. The number of methoxy groups -OCH3 is 1. The van der Waals surface area contributed by atoms with Crippen molar-refractivity contribution in [2.75, 3.05) is 13.7 Å². The normalized spacial score (nSPS) is 22.3. The lowest BCUT2D eigenvalue weighted by Crippen LogP contribution is -2.18. The molecule has 0 aliphatic carbocycles. The summed E-state index contributed by atoms with van der Waals surface area (Å²) in [5.41, 5.74) is 0. The summed E-state index contributed by atoms with van der Waals surface area (Å²) in [4.78, 5) is 4.18. The van der Waals surface area contributed by atoms with Crippen molar-refractivity contribution < 1.29 is 9.47 Å². The van der Waals surface area contributed by atoms with Crippen LogP contribution >= 0.6 is 15.9 Å². The molecule has 14 heavy (non-hydrogen) atoms. The lowest BCUT2D eigenvalue weighted by molar-refractivity contribution is -0.0357. The zero-order valence-corrected chi connectivity index (χ0v) is 9.66. The van der Waals surface area contributed by atoms with Gasteiger partial charge in [0.1, 0.15) is 10.8 Å². The fourth-order valence-electron chi connectivity index (χ4n) is 1.65. The van der Waals surface area contributed by atoms with Crippen LogP contribution in [0.25, 0.3) is 0 Å². The molecule has 78 valence electrons. The van der Waals surface area contributed by atoms with Gasteiger partial charge in [0.15, 0.2) is 0 Å². The first-order valence-electron chi connectivity index (χ1n) is 4.71. The van der Waals surface area contributed by atoms with Crippen molar-refractivity contribution in [2.24, 2.45) is 0 Å². The summed E-state index contributed by atoms with van der Waals surface area (Å²) in [6.45, 7) is 0.823. The van der Waals surface area contributed by atoms with Gasteiger partial charge < -0.3 is 9.47 Å². The van der Waals surface area contributed by atoms with Crippen LogP contribution in [-0.4, -0.2) is 23.3 Å². The summed E-state index contributed by atoms with van der Waals surface area (Å²) in [6, 6.07) is 0.601. The molecule has 0 aromatic carbocycles. The molecule has 5 heteroatoms. The topological polar surface area (TPSA) is 36.3 Å². The van der Waals surface area contributed by atoms with E-state index in [0.29, 0.717) is 6.01 Å². The fourth-order valence-corrected chi connectivity index (χ4v) is 2.02. The molecule has 0 amide bonds. The van der Waals surface area contributed by atoms with Gasteiger partial charge >= 0.3 is 0 Å². The van der Waals surface area contributed by atoms with Gasteiger partial charge in [-0.15, -0.1) is 0 Å². The predicted octanol–water partition coefficient (Wildman–Crippen LogP) is 2.35. The first-order chi connectivity index (χ1) is 6.81. The Morgan fingerprint density at radius 3 is 3.14 bits per heavy atom. The van der Waals surface area contributed by atoms with Crippen molar-refractivity contribution >= 4 is 15.9 Å².